The molecule has 0 aliphatic rings. The molecule has 0 saturated carbocycles. The van der Waals surface area contributed by atoms with E-state index in [1.807, 2.05) is 26.0 Å². The molecule has 0 unspecified atom stereocenters. The van der Waals surface area contributed by atoms with Crippen LogP contribution in [0.5, 0.6) is 0 Å². The summed E-state index contributed by atoms with van der Waals surface area (Å²) in [7, 11) is 1.47. The number of hydrazine groups is 1. The number of amides is 3. The van der Waals surface area contributed by atoms with Gasteiger partial charge in [-0.2, -0.15) is 0 Å². The predicted octanol–water partition coefficient (Wildman–Crippen LogP) is 1.36. The molecular weight excluding hydrogens is 244 g/mol. The van der Waals surface area contributed by atoms with Gasteiger partial charge in [0.1, 0.15) is 0 Å². The molecule has 0 aliphatic carbocycles. The number of hydrogen-bond acceptors (Lipinski definition) is 2. The summed E-state index contributed by atoms with van der Waals surface area (Å²) in [5.74, 6) is -0.365. The number of rotatable bonds is 1. The van der Waals surface area contributed by atoms with Gasteiger partial charge in [-0.3, -0.25) is 10.2 Å². The van der Waals surface area contributed by atoms with Gasteiger partial charge < -0.3 is 10.3 Å². The molecule has 0 aliphatic heterocycles. The molecule has 1 aromatic carbocycles. The second-order valence-electron chi connectivity index (χ2n) is 4.26. The molecule has 6 heteroatoms. The van der Waals surface area contributed by atoms with Crippen LogP contribution < -0.4 is 16.2 Å². The molecule has 2 rings (SSSR count). The van der Waals surface area contributed by atoms with Crippen molar-refractivity contribution in [2.75, 3.05) is 7.05 Å². The van der Waals surface area contributed by atoms with Crippen molar-refractivity contribution in [2.24, 2.45) is 0 Å². The Morgan fingerprint density at radius 3 is 2.58 bits per heavy atom. The fraction of sp³-hybridized carbons (Fsp3) is 0.231. The van der Waals surface area contributed by atoms with Gasteiger partial charge in [0.2, 0.25) is 0 Å². The number of benzene rings is 1. The molecule has 0 saturated heterocycles. The van der Waals surface area contributed by atoms with Gasteiger partial charge in [-0.05, 0) is 25.5 Å². The summed E-state index contributed by atoms with van der Waals surface area (Å²) in [5.41, 5.74) is 8.00. The molecule has 2 aromatic rings. The summed E-state index contributed by atoms with van der Waals surface area (Å²) < 4.78 is 0. The van der Waals surface area contributed by atoms with Crippen molar-refractivity contribution in [1.29, 1.82) is 0 Å². The highest BCUT2D eigenvalue weighted by atomic mass is 16.2. The Kier molecular flexibility index (Phi) is 3.41. The number of aromatic nitrogens is 1. The number of fused-ring (bicyclic) bond motifs is 1. The first-order valence-electron chi connectivity index (χ1n) is 5.90. The highest BCUT2D eigenvalue weighted by Gasteiger charge is 2.13. The fourth-order valence-corrected chi connectivity index (χ4v) is 1.92. The number of nitrogens with one attached hydrogen (secondary N) is 4. The Balaban J connectivity index is 2.32. The van der Waals surface area contributed by atoms with Gasteiger partial charge in [0.05, 0.1) is 11.1 Å². The Morgan fingerprint density at radius 1 is 1.16 bits per heavy atom. The zero-order chi connectivity index (χ0) is 14.0. The van der Waals surface area contributed by atoms with Crippen LogP contribution in [0.1, 0.15) is 21.6 Å². The molecule has 0 radical (unpaired) electrons. The molecule has 0 spiro atoms. The lowest BCUT2D eigenvalue weighted by Crippen LogP contribution is -2.45. The number of aryl methyl sites for hydroxylation is 2. The highest BCUT2D eigenvalue weighted by Crippen LogP contribution is 2.23. The molecule has 1 heterocycles. The normalized spacial score (nSPS) is 10.3. The smallest absolute Gasteiger partial charge is 0.333 e. The lowest BCUT2D eigenvalue weighted by molar-refractivity contribution is 0.0938. The van der Waals surface area contributed by atoms with Crippen molar-refractivity contribution < 1.29 is 9.59 Å². The number of aromatic amines is 1. The van der Waals surface area contributed by atoms with Gasteiger partial charge in [0, 0.05) is 18.1 Å². The zero-order valence-corrected chi connectivity index (χ0v) is 11.0. The average Bonchev–Trinajstić information content (AvgIpc) is 2.71. The van der Waals surface area contributed by atoms with Gasteiger partial charge >= 0.3 is 6.03 Å². The summed E-state index contributed by atoms with van der Waals surface area (Å²) in [6.07, 6.45) is 0. The Labute approximate surface area is 110 Å². The zero-order valence-electron chi connectivity index (χ0n) is 11.0. The maximum Gasteiger partial charge on any atom is 0.333 e. The maximum absolute atomic E-state index is 12.0. The van der Waals surface area contributed by atoms with Crippen LogP contribution >= 0.6 is 0 Å². The average molecular weight is 260 g/mol. The lowest BCUT2D eigenvalue weighted by Gasteiger charge is -2.07. The summed E-state index contributed by atoms with van der Waals surface area (Å²) in [5, 5.41) is 3.35. The monoisotopic (exact) mass is 260 g/mol. The molecule has 19 heavy (non-hydrogen) atoms. The largest absolute Gasteiger partial charge is 0.358 e. The van der Waals surface area contributed by atoms with E-state index in [-0.39, 0.29) is 5.91 Å². The fourth-order valence-electron chi connectivity index (χ4n) is 1.92. The minimum Gasteiger partial charge on any atom is -0.358 e. The van der Waals surface area contributed by atoms with Crippen LogP contribution in [0.4, 0.5) is 4.79 Å². The third-order valence-electron chi connectivity index (χ3n) is 3.10. The van der Waals surface area contributed by atoms with Crippen molar-refractivity contribution in [3.05, 3.63) is 35.0 Å². The molecule has 0 fully saturated rings. The van der Waals surface area contributed by atoms with Crippen LogP contribution in [0.3, 0.4) is 0 Å². The minimum atomic E-state index is -0.473. The molecule has 3 amide bonds. The molecular formula is C13H16N4O2. The SMILES string of the molecule is CNC(=O)NNC(=O)c1cccc2c(C)c(C)[nH]c12. The van der Waals surface area contributed by atoms with Crippen molar-refractivity contribution in [3.63, 3.8) is 0 Å². The lowest BCUT2D eigenvalue weighted by atomic mass is 10.1. The maximum atomic E-state index is 12.0. The van der Waals surface area contributed by atoms with Crippen LogP contribution in [-0.4, -0.2) is 24.0 Å². The third-order valence-corrected chi connectivity index (χ3v) is 3.10. The first kappa shape index (κ1) is 12.9. The van der Waals surface area contributed by atoms with Crippen LogP contribution in [-0.2, 0) is 0 Å². The molecule has 1 aromatic heterocycles. The summed E-state index contributed by atoms with van der Waals surface area (Å²) in [6.45, 7) is 3.96. The summed E-state index contributed by atoms with van der Waals surface area (Å²) >= 11 is 0. The van der Waals surface area contributed by atoms with E-state index in [9.17, 15) is 9.59 Å². The summed E-state index contributed by atoms with van der Waals surface area (Å²) in [4.78, 5) is 26.2. The molecule has 100 valence electrons. The van der Waals surface area contributed by atoms with E-state index in [2.05, 4.69) is 21.2 Å². The Hall–Kier alpha value is -2.50. The highest BCUT2D eigenvalue weighted by molar-refractivity contribution is 6.07. The van der Waals surface area contributed by atoms with E-state index in [1.54, 1.807) is 6.07 Å². The third kappa shape index (κ3) is 2.37. The van der Waals surface area contributed by atoms with Crippen molar-refractivity contribution in [3.8, 4) is 0 Å². The van der Waals surface area contributed by atoms with E-state index >= 15 is 0 Å². The number of carbonyl (C=O) groups excluding carboxylic acids is 2. The van der Waals surface area contributed by atoms with Crippen LogP contribution in [0.15, 0.2) is 18.2 Å². The second kappa shape index (κ2) is 5.01. The number of para-hydroxylation sites is 1. The van der Waals surface area contributed by atoms with Crippen molar-refractivity contribution in [2.45, 2.75) is 13.8 Å². The first-order valence-corrected chi connectivity index (χ1v) is 5.90. The molecule has 0 bridgehead atoms. The molecule has 0 atom stereocenters. The minimum absolute atomic E-state index is 0.365. The van der Waals surface area contributed by atoms with E-state index in [1.165, 1.54) is 7.05 Å². The number of urea groups is 1. The van der Waals surface area contributed by atoms with Crippen molar-refractivity contribution >= 4 is 22.8 Å². The van der Waals surface area contributed by atoms with Gasteiger partial charge in [0.25, 0.3) is 5.91 Å². The van der Waals surface area contributed by atoms with Gasteiger partial charge in [0.15, 0.2) is 0 Å². The number of carbonyl (C=O) groups is 2. The number of H-pyrrole nitrogens is 1. The van der Waals surface area contributed by atoms with Gasteiger partial charge in [-0.1, -0.05) is 12.1 Å². The Morgan fingerprint density at radius 2 is 1.89 bits per heavy atom. The topological polar surface area (TPSA) is 86.0 Å². The van der Waals surface area contributed by atoms with Crippen LogP contribution in [0, 0.1) is 13.8 Å². The van der Waals surface area contributed by atoms with Crippen molar-refractivity contribution in [1.82, 2.24) is 21.2 Å². The van der Waals surface area contributed by atoms with E-state index in [0.717, 1.165) is 22.2 Å². The van der Waals surface area contributed by atoms with E-state index in [0.29, 0.717) is 5.56 Å². The Bertz CT molecular complexity index is 645. The number of hydrogen-bond donors (Lipinski definition) is 4. The van der Waals surface area contributed by atoms with Crippen LogP contribution in [0.2, 0.25) is 0 Å². The second-order valence-corrected chi connectivity index (χ2v) is 4.26. The van der Waals surface area contributed by atoms with E-state index < -0.39 is 6.03 Å². The standard InChI is InChI=1S/C13H16N4O2/c1-7-8(2)15-11-9(7)5-4-6-10(11)12(18)16-17-13(19)14-3/h4-6,15H,1-3H3,(H,16,18)(H2,14,17,19). The first-order chi connectivity index (χ1) is 9.04. The van der Waals surface area contributed by atoms with E-state index in [4.69, 9.17) is 0 Å². The van der Waals surface area contributed by atoms with Crippen LogP contribution in [0.25, 0.3) is 10.9 Å². The molecule has 6 nitrogen and oxygen atoms in total. The van der Waals surface area contributed by atoms with Gasteiger partial charge in [-0.15, -0.1) is 0 Å². The van der Waals surface area contributed by atoms with Gasteiger partial charge in [-0.25, -0.2) is 10.2 Å². The molecule has 4 N–H and O–H groups in total. The quantitative estimate of drug-likeness (QED) is 0.583. The summed E-state index contributed by atoms with van der Waals surface area (Å²) in [6, 6.07) is 5.01. The predicted molar refractivity (Wildman–Crippen MR) is 72.8 cm³/mol.